The second-order valence-corrected chi connectivity index (χ2v) is 8.17. The Labute approximate surface area is 184 Å². The van der Waals surface area contributed by atoms with Gasteiger partial charge < -0.3 is 4.57 Å². The van der Waals surface area contributed by atoms with Gasteiger partial charge in [0.2, 0.25) is 5.91 Å². The molecule has 0 fully saturated rings. The Morgan fingerprint density at radius 1 is 1.03 bits per heavy atom. The van der Waals surface area contributed by atoms with E-state index < -0.39 is 0 Å². The molecule has 0 atom stereocenters. The van der Waals surface area contributed by atoms with Crippen molar-refractivity contribution < 1.29 is 4.79 Å². The maximum absolute atomic E-state index is 12.2. The van der Waals surface area contributed by atoms with E-state index in [0.717, 1.165) is 32.7 Å². The topological polar surface area (TPSA) is 46.4 Å². The summed E-state index contributed by atoms with van der Waals surface area (Å²) in [6.07, 6.45) is 2.00. The lowest BCUT2D eigenvalue weighted by Gasteiger charge is -2.12. The normalized spacial score (nSPS) is 11.3. The Morgan fingerprint density at radius 2 is 1.77 bits per heavy atom. The SMILES string of the molecule is Cc1cc(/C=N/NC(=O)Cc2ccc(Br)cc2)c(C)n1-c1cccc2ccccc12. The minimum Gasteiger partial charge on any atom is -0.317 e. The van der Waals surface area contributed by atoms with Crippen LogP contribution in [0.15, 0.2) is 82.4 Å². The van der Waals surface area contributed by atoms with E-state index in [1.54, 1.807) is 6.21 Å². The molecule has 4 aromatic rings. The van der Waals surface area contributed by atoms with Gasteiger partial charge in [-0.25, -0.2) is 5.43 Å². The zero-order valence-electron chi connectivity index (χ0n) is 16.9. The van der Waals surface area contributed by atoms with Gasteiger partial charge in [0.05, 0.1) is 18.3 Å². The summed E-state index contributed by atoms with van der Waals surface area (Å²) in [5, 5.41) is 6.59. The predicted octanol–water partition coefficient (Wildman–Crippen LogP) is 5.70. The second kappa shape index (κ2) is 8.67. The van der Waals surface area contributed by atoms with Crippen LogP contribution in [0.4, 0.5) is 0 Å². The molecule has 1 aromatic heterocycles. The quantitative estimate of drug-likeness (QED) is 0.301. The number of halogens is 1. The Balaban J connectivity index is 1.53. The van der Waals surface area contributed by atoms with Crippen LogP contribution in [0.2, 0.25) is 0 Å². The molecule has 30 heavy (non-hydrogen) atoms. The molecule has 3 aromatic carbocycles. The fraction of sp³-hybridized carbons (Fsp3) is 0.120. The summed E-state index contributed by atoms with van der Waals surface area (Å²) in [4.78, 5) is 12.2. The molecule has 1 N–H and O–H groups in total. The number of hydrazone groups is 1. The lowest BCUT2D eigenvalue weighted by Crippen LogP contribution is -2.19. The first-order chi connectivity index (χ1) is 14.5. The van der Waals surface area contributed by atoms with Crippen molar-refractivity contribution in [2.75, 3.05) is 0 Å². The van der Waals surface area contributed by atoms with Crippen LogP contribution in [0, 0.1) is 13.8 Å². The maximum atomic E-state index is 12.2. The van der Waals surface area contributed by atoms with Crippen LogP contribution < -0.4 is 5.43 Å². The van der Waals surface area contributed by atoms with Crippen molar-refractivity contribution in [1.82, 2.24) is 9.99 Å². The summed E-state index contributed by atoms with van der Waals surface area (Å²) in [7, 11) is 0. The highest BCUT2D eigenvalue weighted by Crippen LogP contribution is 2.26. The van der Waals surface area contributed by atoms with E-state index >= 15 is 0 Å². The van der Waals surface area contributed by atoms with Crippen molar-refractivity contribution in [2.45, 2.75) is 20.3 Å². The van der Waals surface area contributed by atoms with Crippen LogP contribution >= 0.6 is 15.9 Å². The molecule has 0 aliphatic carbocycles. The second-order valence-electron chi connectivity index (χ2n) is 7.26. The van der Waals surface area contributed by atoms with Crippen LogP contribution in [-0.4, -0.2) is 16.7 Å². The van der Waals surface area contributed by atoms with Gasteiger partial charge >= 0.3 is 0 Å². The number of hydrogen-bond donors (Lipinski definition) is 1. The molecule has 0 saturated heterocycles. The monoisotopic (exact) mass is 459 g/mol. The standard InChI is InChI=1S/C25H22BrN3O/c1-17-14-21(16-27-28-25(30)15-19-10-12-22(26)13-11-19)18(2)29(17)24-9-5-7-20-6-3-4-8-23(20)24/h3-14,16H,15H2,1-2H3,(H,28,30)/b27-16+. The average Bonchev–Trinajstić information content (AvgIpc) is 3.02. The summed E-state index contributed by atoms with van der Waals surface area (Å²) >= 11 is 3.40. The molecular formula is C25H22BrN3O. The lowest BCUT2D eigenvalue weighted by atomic mass is 10.1. The molecule has 0 saturated carbocycles. The number of fused-ring (bicyclic) bond motifs is 1. The fourth-order valence-corrected chi connectivity index (χ4v) is 3.96. The van der Waals surface area contributed by atoms with Gasteiger partial charge in [-0.3, -0.25) is 4.79 Å². The highest BCUT2D eigenvalue weighted by Gasteiger charge is 2.12. The van der Waals surface area contributed by atoms with Crippen LogP contribution in [0.1, 0.15) is 22.5 Å². The van der Waals surface area contributed by atoms with Gasteiger partial charge in [0.1, 0.15) is 0 Å². The van der Waals surface area contributed by atoms with Gasteiger partial charge in [-0.2, -0.15) is 5.10 Å². The summed E-state index contributed by atoms with van der Waals surface area (Å²) in [6.45, 7) is 4.15. The van der Waals surface area contributed by atoms with Crippen molar-refractivity contribution in [3.63, 3.8) is 0 Å². The van der Waals surface area contributed by atoms with Crippen LogP contribution in [0.3, 0.4) is 0 Å². The molecule has 0 radical (unpaired) electrons. The highest BCUT2D eigenvalue weighted by molar-refractivity contribution is 9.10. The molecule has 4 rings (SSSR count). The van der Waals surface area contributed by atoms with Gasteiger partial charge in [0.15, 0.2) is 0 Å². The lowest BCUT2D eigenvalue weighted by molar-refractivity contribution is -0.120. The Kier molecular flexibility index (Phi) is 5.81. The van der Waals surface area contributed by atoms with Crippen molar-refractivity contribution in [3.05, 3.63) is 99.8 Å². The summed E-state index contributed by atoms with van der Waals surface area (Å²) in [5.41, 5.74) is 7.89. The Morgan fingerprint density at radius 3 is 2.57 bits per heavy atom. The number of aryl methyl sites for hydroxylation is 1. The molecule has 1 amide bonds. The van der Waals surface area contributed by atoms with Crippen LogP contribution in [-0.2, 0) is 11.2 Å². The van der Waals surface area contributed by atoms with Gasteiger partial charge in [0, 0.05) is 26.8 Å². The molecular weight excluding hydrogens is 438 g/mol. The number of aromatic nitrogens is 1. The molecule has 0 spiro atoms. The molecule has 0 bridgehead atoms. The minimum absolute atomic E-state index is 0.142. The summed E-state index contributed by atoms with van der Waals surface area (Å²) in [5.74, 6) is -0.142. The fourth-order valence-electron chi connectivity index (χ4n) is 3.69. The molecule has 0 aliphatic heterocycles. The number of carbonyl (C=O) groups excluding carboxylic acids is 1. The molecule has 4 nitrogen and oxygen atoms in total. The molecule has 5 heteroatoms. The first-order valence-electron chi connectivity index (χ1n) is 9.76. The van der Waals surface area contributed by atoms with Crippen LogP contribution in [0.5, 0.6) is 0 Å². The van der Waals surface area contributed by atoms with E-state index in [1.807, 2.05) is 24.3 Å². The van der Waals surface area contributed by atoms with Gasteiger partial charge in [-0.1, -0.05) is 64.5 Å². The van der Waals surface area contributed by atoms with E-state index in [9.17, 15) is 4.79 Å². The van der Waals surface area contributed by atoms with Gasteiger partial charge in [0.25, 0.3) is 0 Å². The highest BCUT2D eigenvalue weighted by atomic mass is 79.9. The Bertz CT molecular complexity index is 1230. The third kappa shape index (κ3) is 4.21. The number of nitrogens with one attached hydrogen (secondary N) is 1. The van der Waals surface area contributed by atoms with Crippen molar-refractivity contribution >= 4 is 38.8 Å². The number of benzene rings is 3. The smallest absolute Gasteiger partial charge is 0.244 e. The van der Waals surface area contributed by atoms with Gasteiger partial charge in [-0.05, 0) is 49.1 Å². The average molecular weight is 460 g/mol. The molecule has 0 aliphatic rings. The summed E-state index contributed by atoms with van der Waals surface area (Å²) in [6, 6.07) is 24.5. The molecule has 1 heterocycles. The molecule has 0 unspecified atom stereocenters. The van der Waals surface area contributed by atoms with Gasteiger partial charge in [-0.15, -0.1) is 0 Å². The summed E-state index contributed by atoms with van der Waals surface area (Å²) < 4.78 is 3.22. The third-order valence-corrected chi connectivity index (χ3v) is 5.68. The van der Waals surface area contributed by atoms with Crippen LogP contribution in [0.25, 0.3) is 16.5 Å². The minimum atomic E-state index is -0.142. The zero-order valence-corrected chi connectivity index (χ0v) is 18.5. The van der Waals surface area contributed by atoms with Crippen molar-refractivity contribution in [1.29, 1.82) is 0 Å². The van der Waals surface area contributed by atoms with Crippen molar-refractivity contribution in [2.24, 2.45) is 5.10 Å². The first-order valence-corrected chi connectivity index (χ1v) is 10.6. The number of hydrogen-bond acceptors (Lipinski definition) is 2. The van der Waals surface area contributed by atoms with E-state index in [0.29, 0.717) is 6.42 Å². The third-order valence-electron chi connectivity index (χ3n) is 5.15. The maximum Gasteiger partial charge on any atom is 0.244 e. The molecule has 150 valence electrons. The largest absolute Gasteiger partial charge is 0.317 e. The van der Waals surface area contributed by atoms with E-state index in [2.05, 4.69) is 93.4 Å². The Hall–Kier alpha value is -3.18. The zero-order chi connectivity index (χ0) is 21.1. The first kappa shape index (κ1) is 20.1. The van der Waals surface area contributed by atoms with Crippen molar-refractivity contribution in [3.8, 4) is 5.69 Å². The van der Waals surface area contributed by atoms with E-state index in [1.165, 1.54) is 10.8 Å². The van der Waals surface area contributed by atoms with E-state index in [4.69, 9.17) is 0 Å². The predicted molar refractivity (Wildman–Crippen MR) is 126 cm³/mol. The number of amides is 1. The number of nitrogens with zero attached hydrogens (tertiary/aromatic N) is 2. The number of rotatable bonds is 5. The van der Waals surface area contributed by atoms with E-state index in [-0.39, 0.29) is 5.91 Å². The number of carbonyl (C=O) groups is 1.